The maximum absolute atomic E-state index is 12.9. The minimum atomic E-state index is -0.442. The lowest BCUT2D eigenvalue weighted by atomic mass is 10.0. The molecule has 0 aliphatic rings. The molecule has 35 heavy (non-hydrogen) atoms. The first-order valence-corrected chi connectivity index (χ1v) is 11.1. The summed E-state index contributed by atoms with van der Waals surface area (Å²) in [5, 5.41) is 3.74. The van der Waals surface area contributed by atoms with Crippen LogP contribution in [-0.2, 0) is 0 Å². The summed E-state index contributed by atoms with van der Waals surface area (Å²) in [6.45, 7) is 0. The van der Waals surface area contributed by atoms with Gasteiger partial charge in [0.15, 0.2) is 0 Å². The zero-order valence-electron chi connectivity index (χ0n) is 18.5. The number of nitrogens with one attached hydrogen (secondary N) is 2. The van der Waals surface area contributed by atoms with Gasteiger partial charge in [-0.1, -0.05) is 42.5 Å². The number of carbonyl (C=O) groups is 1. The molecule has 2 N–H and O–H groups in total. The van der Waals surface area contributed by atoms with Crippen LogP contribution in [0.4, 0.5) is 5.69 Å². The highest BCUT2D eigenvalue weighted by Gasteiger charge is 2.12. The lowest BCUT2D eigenvalue weighted by Gasteiger charge is -2.08. The zero-order valence-corrected chi connectivity index (χ0v) is 18.5. The molecule has 1 amide bonds. The molecule has 0 aliphatic heterocycles. The molecule has 0 spiro atoms. The number of rotatable bonds is 4. The number of para-hydroxylation sites is 3. The molecule has 0 fully saturated rings. The van der Waals surface area contributed by atoms with Gasteiger partial charge in [-0.15, -0.1) is 0 Å². The van der Waals surface area contributed by atoms with Crippen LogP contribution in [0.3, 0.4) is 0 Å². The third-order valence-electron chi connectivity index (χ3n) is 5.88. The molecule has 6 rings (SSSR count). The van der Waals surface area contributed by atoms with Crippen LogP contribution < -0.4 is 10.9 Å². The quantitative estimate of drug-likeness (QED) is 0.306. The van der Waals surface area contributed by atoms with Gasteiger partial charge in [0.05, 0.1) is 16.6 Å². The fraction of sp³-hybridized carbons (Fsp3) is 0. The van der Waals surface area contributed by atoms with Crippen LogP contribution >= 0.6 is 0 Å². The van der Waals surface area contributed by atoms with E-state index in [1.54, 1.807) is 36.4 Å². The maximum Gasteiger partial charge on any atom is 0.344 e. The number of hydrogen-bond acceptors (Lipinski definition) is 4. The summed E-state index contributed by atoms with van der Waals surface area (Å²) in [4.78, 5) is 33.4. The second-order valence-electron chi connectivity index (χ2n) is 8.20. The number of imidazole rings is 1. The molecule has 6 aromatic rings. The van der Waals surface area contributed by atoms with E-state index in [4.69, 9.17) is 4.42 Å². The molecule has 6 nitrogen and oxygen atoms in total. The standard InChI is InChI=1S/C29H19N3O3/c33-28(30-22-14-12-18(13-15-22)27-31-24-9-2-3-10-25(24)32-27)21-8-5-7-19(16-21)23-17-20-6-1-4-11-26(20)35-29(23)34/h1-17H,(H,30,33)(H,31,32). The van der Waals surface area contributed by atoms with E-state index in [2.05, 4.69) is 15.3 Å². The number of fused-ring (bicyclic) bond motifs is 2. The fourth-order valence-electron chi connectivity index (χ4n) is 4.10. The Labute approximate surface area is 199 Å². The van der Waals surface area contributed by atoms with Crippen molar-refractivity contribution in [2.45, 2.75) is 0 Å². The Morgan fingerprint density at radius 1 is 0.800 bits per heavy atom. The number of aromatic nitrogens is 2. The van der Waals surface area contributed by atoms with Crippen molar-refractivity contribution in [2.24, 2.45) is 0 Å². The molecule has 2 heterocycles. The molecule has 0 saturated carbocycles. The Morgan fingerprint density at radius 2 is 1.60 bits per heavy atom. The SMILES string of the molecule is O=C(Nc1ccc(-c2nc3ccccc3[nH]2)cc1)c1cccc(-c2cc3ccccc3oc2=O)c1. The van der Waals surface area contributed by atoms with Crippen molar-refractivity contribution < 1.29 is 9.21 Å². The summed E-state index contributed by atoms with van der Waals surface area (Å²) < 4.78 is 5.45. The van der Waals surface area contributed by atoms with E-state index in [9.17, 15) is 9.59 Å². The summed E-state index contributed by atoms with van der Waals surface area (Å²) in [5.41, 5.74) is 5.01. The summed E-state index contributed by atoms with van der Waals surface area (Å²) in [6.07, 6.45) is 0. The number of amides is 1. The molecular weight excluding hydrogens is 438 g/mol. The van der Waals surface area contributed by atoms with Crippen molar-refractivity contribution in [3.8, 4) is 22.5 Å². The van der Waals surface area contributed by atoms with Crippen molar-refractivity contribution in [2.75, 3.05) is 5.32 Å². The van der Waals surface area contributed by atoms with Crippen molar-refractivity contribution in [3.05, 3.63) is 119 Å². The first-order valence-electron chi connectivity index (χ1n) is 11.1. The van der Waals surface area contributed by atoms with Gasteiger partial charge in [0.1, 0.15) is 11.4 Å². The number of H-pyrrole nitrogens is 1. The Kier molecular flexibility index (Phi) is 4.96. The summed E-state index contributed by atoms with van der Waals surface area (Å²) in [5.74, 6) is 0.500. The highest BCUT2D eigenvalue weighted by molar-refractivity contribution is 6.05. The minimum absolute atomic E-state index is 0.270. The summed E-state index contributed by atoms with van der Waals surface area (Å²) in [6, 6.07) is 31.4. The highest BCUT2D eigenvalue weighted by atomic mass is 16.4. The summed E-state index contributed by atoms with van der Waals surface area (Å²) >= 11 is 0. The smallest absolute Gasteiger partial charge is 0.344 e. The average Bonchev–Trinajstić information content (AvgIpc) is 3.33. The monoisotopic (exact) mass is 457 g/mol. The van der Waals surface area contributed by atoms with Gasteiger partial charge in [0.25, 0.3) is 5.91 Å². The second-order valence-corrected chi connectivity index (χ2v) is 8.20. The van der Waals surface area contributed by atoms with Gasteiger partial charge < -0.3 is 14.7 Å². The van der Waals surface area contributed by atoms with Crippen molar-refractivity contribution in [3.63, 3.8) is 0 Å². The zero-order chi connectivity index (χ0) is 23.8. The molecule has 0 bridgehead atoms. The van der Waals surface area contributed by atoms with Gasteiger partial charge in [0.2, 0.25) is 0 Å². The molecule has 4 aromatic carbocycles. The predicted molar refractivity (Wildman–Crippen MR) is 137 cm³/mol. The Morgan fingerprint density at radius 3 is 2.46 bits per heavy atom. The molecule has 168 valence electrons. The van der Waals surface area contributed by atoms with Crippen molar-refractivity contribution >= 4 is 33.6 Å². The first-order chi connectivity index (χ1) is 17.1. The van der Waals surface area contributed by atoms with Gasteiger partial charge in [-0.3, -0.25) is 4.79 Å². The number of carbonyl (C=O) groups excluding carboxylic acids is 1. The number of hydrogen-bond donors (Lipinski definition) is 2. The van der Waals surface area contributed by atoms with Crippen LogP contribution in [-0.4, -0.2) is 15.9 Å². The van der Waals surface area contributed by atoms with Gasteiger partial charge >= 0.3 is 5.63 Å². The number of benzene rings is 4. The maximum atomic E-state index is 12.9. The van der Waals surface area contributed by atoms with Crippen LogP contribution in [0, 0.1) is 0 Å². The van der Waals surface area contributed by atoms with E-state index < -0.39 is 5.63 Å². The lowest BCUT2D eigenvalue weighted by molar-refractivity contribution is 0.102. The van der Waals surface area contributed by atoms with E-state index in [1.807, 2.05) is 66.7 Å². The molecule has 0 saturated heterocycles. The van der Waals surface area contributed by atoms with Gasteiger partial charge in [-0.25, -0.2) is 9.78 Å². The molecule has 0 aliphatic carbocycles. The van der Waals surface area contributed by atoms with Gasteiger partial charge in [-0.2, -0.15) is 0 Å². The Hall–Kier alpha value is -4.97. The van der Waals surface area contributed by atoms with Crippen molar-refractivity contribution in [1.29, 1.82) is 0 Å². The number of aromatic amines is 1. The van der Waals surface area contributed by atoms with Crippen LogP contribution in [0.1, 0.15) is 10.4 Å². The average molecular weight is 457 g/mol. The third-order valence-corrected chi connectivity index (χ3v) is 5.88. The van der Waals surface area contributed by atoms with Gasteiger partial charge in [0, 0.05) is 22.2 Å². The van der Waals surface area contributed by atoms with E-state index in [-0.39, 0.29) is 5.91 Å². The number of anilines is 1. The van der Waals surface area contributed by atoms with Crippen LogP contribution in [0.2, 0.25) is 0 Å². The molecule has 0 radical (unpaired) electrons. The van der Waals surface area contributed by atoms with E-state index in [0.29, 0.717) is 28.0 Å². The van der Waals surface area contributed by atoms with Crippen molar-refractivity contribution in [1.82, 2.24) is 9.97 Å². The molecule has 2 aromatic heterocycles. The first kappa shape index (κ1) is 20.6. The van der Waals surface area contributed by atoms with Crippen LogP contribution in [0.25, 0.3) is 44.5 Å². The largest absolute Gasteiger partial charge is 0.422 e. The van der Waals surface area contributed by atoms with Crippen LogP contribution in [0.5, 0.6) is 0 Å². The molecular formula is C29H19N3O3. The Balaban J connectivity index is 1.24. The predicted octanol–water partition coefficient (Wildman–Crippen LogP) is 6.26. The molecule has 0 unspecified atom stereocenters. The third kappa shape index (κ3) is 3.98. The minimum Gasteiger partial charge on any atom is -0.422 e. The normalized spacial score (nSPS) is 11.1. The lowest BCUT2D eigenvalue weighted by Crippen LogP contribution is -2.12. The topological polar surface area (TPSA) is 88.0 Å². The highest BCUT2D eigenvalue weighted by Crippen LogP contribution is 2.24. The fourth-order valence-corrected chi connectivity index (χ4v) is 4.10. The van der Waals surface area contributed by atoms with E-state index in [0.717, 1.165) is 27.8 Å². The van der Waals surface area contributed by atoms with Gasteiger partial charge in [-0.05, 0) is 66.2 Å². The van der Waals surface area contributed by atoms with E-state index >= 15 is 0 Å². The molecule has 0 atom stereocenters. The second kappa shape index (κ2) is 8.43. The Bertz CT molecular complexity index is 1730. The van der Waals surface area contributed by atoms with Crippen LogP contribution in [0.15, 0.2) is 112 Å². The number of nitrogens with zero attached hydrogens (tertiary/aromatic N) is 1. The summed E-state index contributed by atoms with van der Waals surface area (Å²) in [7, 11) is 0. The molecule has 6 heteroatoms. The van der Waals surface area contributed by atoms with E-state index in [1.165, 1.54) is 0 Å².